The van der Waals surface area contributed by atoms with Crippen LogP contribution in [0.15, 0.2) is 35.8 Å². The van der Waals surface area contributed by atoms with Gasteiger partial charge in [0.05, 0.1) is 11.3 Å². The first-order valence-electron chi connectivity index (χ1n) is 6.17. The molecule has 98 valence electrons. The summed E-state index contributed by atoms with van der Waals surface area (Å²) in [6, 6.07) is 3.67. The summed E-state index contributed by atoms with van der Waals surface area (Å²) in [5.41, 5.74) is 1.22. The van der Waals surface area contributed by atoms with E-state index in [-0.39, 0.29) is 24.2 Å². The summed E-state index contributed by atoms with van der Waals surface area (Å²) in [6.45, 7) is 3.55. The number of aromatic nitrogens is 1. The number of cyclic esters (lactones) is 1. The van der Waals surface area contributed by atoms with Crippen LogP contribution in [0.1, 0.15) is 31.7 Å². The number of pyridine rings is 1. The number of rotatable bonds is 1. The monoisotopic (exact) mass is 258 g/mol. The van der Waals surface area contributed by atoms with E-state index < -0.39 is 5.60 Å². The van der Waals surface area contributed by atoms with Crippen LogP contribution in [0.5, 0.6) is 0 Å². The van der Waals surface area contributed by atoms with Gasteiger partial charge in [0.1, 0.15) is 5.60 Å². The molecule has 1 aromatic rings. The molecule has 1 aromatic heterocycles. The second-order valence-corrected chi connectivity index (χ2v) is 5.28. The largest absolute Gasteiger partial charge is 0.450 e. The Kier molecular flexibility index (Phi) is 2.45. The number of carbonyl (C=O) groups excluding carboxylic acids is 2. The maximum absolute atomic E-state index is 12.1. The molecule has 1 N–H and O–H groups in total. The third-order valence-corrected chi connectivity index (χ3v) is 3.53. The molecule has 0 aromatic carbocycles. The van der Waals surface area contributed by atoms with E-state index in [1.54, 1.807) is 32.3 Å². The van der Waals surface area contributed by atoms with Gasteiger partial charge in [-0.25, -0.2) is 4.79 Å². The lowest BCUT2D eigenvalue weighted by atomic mass is 9.83. The molecule has 3 heterocycles. The highest BCUT2D eigenvalue weighted by atomic mass is 16.6. The predicted molar refractivity (Wildman–Crippen MR) is 66.9 cm³/mol. The van der Waals surface area contributed by atoms with E-state index in [1.165, 1.54) is 0 Å². The van der Waals surface area contributed by atoms with Gasteiger partial charge in [0.15, 0.2) is 0 Å². The van der Waals surface area contributed by atoms with Crippen LogP contribution in [0.2, 0.25) is 0 Å². The van der Waals surface area contributed by atoms with E-state index in [1.807, 2.05) is 6.07 Å². The molecule has 1 atom stereocenters. The minimum absolute atomic E-state index is 0.0982. The molecule has 0 saturated heterocycles. The van der Waals surface area contributed by atoms with Gasteiger partial charge in [-0.3, -0.25) is 9.78 Å². The Bertz CT molecular complexity index is 590. The van der Waals surface area contributed by atoms with E-state index in [9.17, 15) is 9.59 Å². The molecule has 2 aliphatic heterocycles. The molecule has 0 spiro atoms. The standard InChI is InChI=1S/C14H14N2O3/c1-14(2)12-11(13(18)19-14)9(6-10(17)16-12)8-4-3-5-15-7-8/h3-5,7,9H,6H2,1-2H3,(H,16,17)/t9-/m0/s1. The van der Waals surface area contributed by atoms with E-state index in [0.717, 1.165) is 5.56 Å². The molecule has 3 rings (SSSR count). The lowest BCUT2D eigenvalue weighted by Gasteiger charge is -2.26. The van der Waals surface area contributed by atoms with Gasteiger partial charge in [-0.1, -0.05) is 6.07 Å². The van der Waals surface area contributed by atoms with Crippen LogP contribution in [0.3, 0.4) is 0 Å². The zero-order valence-corrected chi connectivity index (χ0v) is 10.8. The van der Waals surface area contributed by atoms with Crippen LogP contribution >= 0.6 is 0 Å². The van der Waals surface area contributed by atoms with Crippen molar-refractivity contribution in [2.45, 2.75) is 31.8 Å². The number of esters is 1. The molecule has 0 radical (unpaired) electrons. The first kappa shape index (κ1) is 11.9. The molecule has 0 unspecified atom stereocenters. The van der Waals surface area contributed by atoms with Crippen LogP contribution in [-0.4, -0.2) is 22.5 Å². The van der Waals surface area contributed by atoms with Gasteiger partial charge in [-0.15, -0.1) is 0 Å². The molecule has 5 heteroatoms. The Morgan fingerprint density at radius 1 is 1.42 bits per heavy atom. The number of amides is 1. The van der Waals surface area contributed by atoms with Crippen molar-refractivity contribution in [3.63, 3.8) is 0 Å². The molecule has 0 saturated carbocycles. The first-order chi connectivity index (χ1) is 8.99. The Hall–Kier alpha value is -2.17. The average molecular weight is 258 g/mol. The molecule has 2 aliphatic rings. The molecule has 1 amide bonds. The smallest absolute Gasteiger partial charge is 0.337 e. The Morgan fingerprint density at radius 3 is 2.89 bits per heavy atom. The lowest BCUT2D eigenvalue weighted by molar-refractivity contribution is -0.144. The van der Waals surface area contributed by atoms with Gasteiger partial charge in [0.25, 0.3) is 0 Å². The van der Waals surface area contributed by atoms with Crippen LogP contribution in [-0.2, 0) is 14.3 Å². The van der Waals surface area contributed by atoms with Gasteiger partial charge in [-0.2, -0.15) is 0 Å². The zero-order chi connectivity index (χ0) is 13.6. The normalized spacial score (nSPS) is 24.8. The van der Waals surface area contributed by atoms with Crippen LogP contribution in [0.4, 0.5) is 0 Å². The van der Waals surface area contributed by atoms with Crippen molar-refractivity contribution in [3.8, 4) is 0 Å². The summed E-state index contributed by atoms with van der Waals surface area (Å²) in [5, 5.41) is 2.77. The average Bonchev–Trinajstić information content (AvgIpc) is 2.60. The van der Waals surface area contributed by atoms with Gasteiger partial charge in [0, 0.05) is 24.7 Å². The number of nitrogens with one attached hydrogen (secondary N) is 1. The van der Waals surface area contributed by atoms with Gasteiger partial charge < -0.3 is 10.1 Å². The summed E-state index contributed by atoms with van der Waals surface area (Å²) < 4.78 is 5.35. The highest BCUT2D eigenvalue weighted by Crippen LogP contribution is 2.42. The van der Waals surface area contributed by atoms with Crippen molar-refractivity contribution in [1.29, 1.82) is 0 Å². The second kappa shape index (κ2) is 3.91. The SMILES string of the molecule is CC1(C)OC(=O)C2=C1NC(=O)C[C@H]2c1cccnc1. The molecule has 0 bridgehead atoms. The van der Waals surface area contributed by atoms with E-state index in [2.05, 4.69) is 10.3 Å². The number of carbonyl (C=O) groups is 2. The Balaban J connectivity index is 2.13. The van der Waals surface area contributed by atoms with Gasteiger partial charge in [-0.05, 0) is 25.5 Å². The number of nitrogens with zero attached hydrogens (tertiary/aromatic N) is 1. The van der Waals surface area contributed by atoms with Crippen LogP contribution in [0, 0.1) is 0 Å². The molecular formula is C14H14N2O3. The summed E-state index contributed by atoms with van der Waals surface area (Å²) in [4.78, 5) is 28.0. The number of hydrogen-bond donors (Lipinski definition) is 1. The molecule has 0 fully saturated rings. The fourth-order valence-electron chi connectivity index (χ4n) is 2.64. The third kappa shape index (κ3) is 1.82. The van der Waals surface area contributed by atoms with E-state index >= 15 is 0 Å². The highest BCUT2D eigenvalue weighted by Gasteiger charge is 2.47. The maximum Gasteiger partial charge on any atom is 0.337 e. The third-order valence-electron chi connectivity index (χ3n) is 3.53. The van der Waals surface area contributed by atoms with Crippen molar-refractivity contribution >= 4 is 11.9 Å². The minimum atomic E-state index is -0.775. The number of ether oxygens (including phenoxy) is 1. The van der Waals surface area contributed by atoms with E-state index in [0.29, 0.717) is 11.3 Å². The quantitative estimate of drug-likeness (QED) is 0.770. The summed E-state index contributed by atoms with van der Waals surface area (Å²) in [6.07, 6.45) is 3.60. The highest BCUT2D eigenvalue weighted by molar-refractivity contribution is 5.99. The summed E-state index contributed by atoms with van der Waals surface area (Å²) in [7, 11) is 0. The van der Waals surface area contributed by atoms with Crippen molar-refractivity contribution in [1.82, 2.24) is 10.3 Å². The fourth-order valence-corrected chi connectivity index (χ4v) is 2.64. The molecule has 0 aliphatic carbocycles. The van der Waals surface area contributed by atoms with E-state index in [4.69, 9.17) is 4.74 Å². The second-order valence-electron chi connectivity index (χ2n) is 5.28. The van der Waals surface area contributed by atoms with Crippen molar-refractivity contribution in [2.24, 2.45) is 0 Å². The van der Waals surface area contributed by atoms with Gasteiger partial charge in [0.2, 0.25) is 5.91 Å². The topological polar surface area (TPSA) is 68.3 Å². The fraction of sp³-hybridized carbons (Fsp3) is 0.357. The molecular weight excluding hydrogens is 244 g/mol. The zero-order valence-electron chi connectivity index (χ0n) is 10.8. The summed E-state index contributed by atoms with van der Waals surface area (Å²) in [5.74, 6) is -0.723. The Labute approximate surface area is 110 Å². The predicted octanol–water partition coefficient (Wildman–Crippen LogP) is 1.27. The Morgan fingerprint density at radius 2 is 2.21 bits per heavy atom. The van der Waals surface area contributed by atoms with Gasteiger partial charge >= 0.3 is 5.97 Å². The van der Waals surface area contributed by atoms with Crippen molar-refractivity contribution < 1.29 is 14.3 Å². The van der Waals surface area contributed by atoms with Crippen LogP contribution in [0.25, 0.3) is 0 Å². The van der Waals surface area contributed by atoms with Crippen molar-refractivity contribution in [3.05, 3.63) is 41.4 Å². The molecule has 19 heavy (non-hydrogen) atoms. The molecule has 5 nitrogen and oxygen atoms in total. The van der Waals surface area contributed by atoms with Crippen LogP contribution < -0.4 is 5.32 Å². The summed E-state index contributed by atoms with van der Waals surface area (Å²) >= 11 is 0. The number of hydrogen-bond acceptors (Lipinski definition) is 4. The first-order valence-corrected chi connectivity index (χ1v) is 6.17. The minimum Gasteiger partial charge on any atom is -0.450 e. The lowest BCUT2D eigenvalue weighted by Crippen LogP contribution is -2.38. The van der Waals surface area contributed by atoms with Crippen molar-refractivity contribution in [2.75, 3.05) is 0 Å². The maximum atomic E-state index is 12.1.